The van der Waals surface area contributed by atoms with Crippen molar-refractivity contribution < 1.29 is 9.59 Å². The SMILES string of the molecule is CN(Cc1ccc(Cl)s1)C(=O)c1ccc(C(N)=O)cc1. The smallest absolute Gasteiger partial charge is 0.253 e. The molecule has 0 bridgehead atoms. The number of thiophene rings is 1. The summed E-state index contributed by atoms with van der Waals surface area (Å²) >= 11 is 7.30. The number of primary amides is 1. The van der Waals surface area contributed by atoms with E-state index in [0.717, 1.165) is 4.88 Å². The number of carbonyl (C=O) groups is 2. The Balaban J connectivity index is 2.08. The minimum absolute atomic E-state index is 0.120. The maximum absolute atomic E-state index is 12.2. The molecule has 1 heterocycles. The van der Waals surface area contributed by atoms with Gasteiger partial charge in [0.25, 0.3) is 5.91 Å². The maximum Gasteiger partial charge on any atom is 0.253 e. The van der Waals surface area contributed by atoms with Crippen LogP contribution in [0.3, 0.4) is 0 Å². The summed E-state index contributed by atoms with van der Waals surface area (Å²) in [6, 6.07) is 9.99. The molecule has 0 atom stereocenters. The summed E-state index contributed by atoms with van der Waals surface area (Å²) < 4.78 is 0.701. The Labute approximate surface area is 125 Å². The van der Waals surface area contributed by atoms with Gasteiger partial charge in [-0.3, -0.25) is 9.59 Å². The molecule has 0 spiro atoms. The zero-order chi connectivity index (χ0) is 14.7. The Kier molecular flexibility index (Phi) is 4.42. The number of rotatable bonds is 4. The first-order chi connectivity index (χ1) is 9.47. The quantitative estimate of drug-likeness (QED) is 0.944. The van der Waals surface area contributed by atoms with Crippen molar-refractivity contribution in [1.82, 2.24) is 4.90 Å². The fourth-order valence-electron chi connectivity index (χ4n) is 1.74. The lowest BCUT2D eigenvalue weighted by Gasteiger charge is -2.16. The van der Waals surface area contributed by atoms with E-state index in [1.807, 2.05) is 12.1 Å². The molecule has 2 aromatic rings. The fourth-order valence-corrected chi connectivity index (χ4v) is 2.88. The number of nitrogens with zero attached hydrogens (tertiary/aromatic N) is 1. The molecule has 0 unspecified atom stereocenters. The van der Waals surface area contributed by atoms with Crippen LogP contribution in [0.4, 0.5) is 0 Å². The highest BCUT2D eigenvalue weighted by molar-refractivity contribution is 7.16. The Hall–Kier alpha value is -1.85. The van der Waals surface area contributed by atoms with Crippen LogP contribution >= 0.6 is 22.9 Å². The highest BCUT2D eigenvalue weighted by Gasteiger charge is 2.13. The van der Waals surface area contributed by atoms with Gasteiger partial charge < -0.3 is 10.6 Å². The summed E-state index contributed by atoms with van der Waals surface area (Å²) in [5.41, 5.74) is 6.06. The third-order valence-electron chi connectivity index (χ3n) is 2.78. The molecule has 0 saturated heterocycles. The molecule has 2 rings (SSSR count). The Morgan fingerprint density at radius 2 is 1.75 bits per heavy atom. The molecular weight excluding hydrogens is 296 g/mol. The summed E-state index contributed by atoms with van der Waals surface area (Å²) in [7, 11) is 1.72. The molecule has 1 aromatic heterocycles. The van der Waals surface area contributed by atoms with Crippen molar-refractivity contribution in [3.63, 3.8) is 0 Å². The largest absolute Gasteiger partial charge is 0.366 e. The van der Waals surface area contributed by atoms with Gasteiger partial charge in [-0.15, -0.1) is 11.3 Å². The Morgan fingerprint density at radius 3 is 2.25 bits per heavy atom. The van der Waals surface area contributed by atoms with Crippen LogP contribution < -0.4 is 5.73 Å². The van der Waals surface area contributed by atoms with E-state index >= 15 is 0 Å². The van der Waals surface area contributed by atoms with Gasteiger partial charge in [-0.1, -0.05) is 11.6 Å². The van der Waals surface area contributed by atoms with E-state index in [1.54, 1.807) is 36.2 Å². The molecule has 0 fully saturated rings. The lowest BCUT2D eigenvalue weighted by molar-refractivity contribution is 0.0786. The zero-order valence-electron chi connectivity index (χ0n) is 10.8. The number of hydrogen-bond acceptors (Lipinski definition) is 3. The predicted octanol–water partition coefficient (Wildman–Crippen LogP) is 2.77. The molecule has 0 aliphatic carbocycles. The van der Waals surface area contributed by atoms with Gasteiger partial charge in [-0.25, -0.2) is 0 Å². The average Bonchev–Trinajstić information content (AvgIpc) is 2.83. The topological polar surface area (TPSA) is 63.4 Å². The van der Waals surface area contributed by atoms with Gasteiger partial charge in [-0.05, 0) is 36.4 Å². The van der Waals surface area contributed by atoms with Crippen molar-refractivity contribution >= 4 is 34.8 Å². The lowest BCUT2D eigenvalue weighted by Crippen LogP contribution is -2.25. The summed E-state index contributed by atoms with van der Waals surface area (Å²) in [5.74, 6) is -0.629. The number of amides is 2. The number of nitrogens with two attached hydrogens (primary N) is 1. The number of hydrogen-bond donors (Lipinski definition) is 1. The van der Waals surface area contributed by atoms with Crippen molar-refractivity contribution in [2.24, 2.45) is 5.73 Å². The van der Waals surface area contributed by atoms with Crippen molar-refractivity contribution in [3.8, 4) is 0 Å². The minimum atomic E-state index is -0.509. The van der Waals surface area contributed by atoms with E-state index in [9.17, 15) is 9.59 Å². The Bertz CT molecular complexity index is 637. The second-order valence-electron chi connectivity index (χ2n) is 4.31. The van der Waals surface area contributed by atoms with Crippen LogP contribution in [-0.2, 0) is 6.54 Å². The standard InChI is InChI=1S/C14H13ClN2O2S/c1-17(8-11-6-7-12(15)20-11)14(19)10-4-2-9(3-5-10)13(16)18/h2-7H,8H2,1H3,(H2,16,18). The van der Waals surface area contributed by atoms with E-state index < -0.39 is 5.91 Å². The van der Waals surface area contributed by atoms with Crippen molar-refractivity contribution in [2.75, 3.05) is 7.05 Å². The maximum atomic E-state index is 12.2. The van der Waals surface area contributed by atoms with E-state index in [-0.39, 0.29) is 5.91 Å². The van der Waals surface area contributed by atoms with Crippen molar-refractivity contribution in [2.45, 2.75) is 6.54 Å². The first-order valence-corrected chi connectivity index (χ1v) is 7.06. The van der Waals surface area contributed by atoms with Gasteiger partial charge in [0.2, 0.25) is 5.91 Å². The van der Waals surface area contributed by atoms with Crippen LogP contribution in [0.1, 0.15) is 25.6 Å². The van der Waals surface area contributed by atoms with Gasteiger partial charge in [0.15, 0.2) is 0 Å². The molecule has 104 valence electrons. The molecule has 20 heavy (non-hydrogen) atoms. The van der Waals surface area contributed by atoms with Crippen LogP contribution in [0.2, 0.25) is 4.34 Å². The third kappa shape index (κ3) is 3.37. The van der Waals surface area contributed by atoms with Crippen LogP contribution in [0.25, 0.3) is 0 Å². The summed E-state index contributed by atoms with van der Waals surface area (Å²) in [6.45, 7) is 0.494. The molecule has 2 amide bonds. The third-order valence-corrected chi connectivity index (χ3v) is 4.00. The summed E-state index contributed by atoms with van der Waals surface area (Å²) in [6.07, 6.45) is 0. The van der Waals surface area contributed by atoms with Crippen LogP contribution in [-0.4, -0.2) is 23.8 Å². The average molecular weight is 309 g/mol. The van der Waals surface area contributed by atoms with Gasteiger partial charge in [0, 0.05) is 23.1 Å². The van der Waals surface area contributed by atoms with Crippen LogP contribution in [0.5, 0.6) is 0 Å². The summed E-state index contributed by atoms with van der Waals surface area (Å²) in [4.78, 5) is 25.8. The first-order valence-electron chi connectivity index (χ1n) is 5.87. The second kappa shape index (κ2) is 6.07. The first kappa shape index (κ1) is 14.6. The van der Waals surface area contributed by atoms with Gasteiger partial charge >= 0.3 is 0 Å². The normalized spacial score (nSPS) is 10.3. The van der Waals surface area contributed by atoms with Crippen molar-refractivity contribution in [3.05, 3.63) is 56.7 Å². The van der Waals surface area contributed by atoms with Gasteiger partial charge in [-0.2, -0.15) is 0 Å². The number of benzene rings is 1. The molecule has 0 saturated carbocycles. The minimum Gasteiger partial charge on any atom is -0.366 e. The van der Waals surface area contributed by atoms with Gasteiger partial charge in [0.1, 0.15) is 0 Å². The molecule has 0 radical (unpaired) electrons. The molecule has 6 heteroatoms. The van der Waals surface area contributed by atoms with E-state index in [1.165, 1.54) is 11.3 Å². The van der Waals surface area contributed by atoms with Crippen molar-refractivity contribution in [1.29, 1.82) is 0 Å². The number of carbonyl (C=O) groups excluding carboxylic acids is 2. The van der Waals surface area contributed by atoms with Crippen LogP contribution in [0.15, 0.2) is 36.4 Å². The summed E-state index contributed by atoms with van der Waals surface area (Å²) in [5, 5.41) is 0. The fraction of sp³-hybridized carbons (Fsp3) is 0.143. The molecular formula is C14H13ClN2O2S. The van der Waals surface area contributed by atoms with E-state index in [4.69, 9.17) is 17.3 Å². The Morgan fingerprint density at radius 1 is 1.15 bits per heavy atom. The molecule has 2 N–H and O–H groups in total. The highest BCUT2D eigenvalue weighted by Crippen LogP contribution is 2.22. The monoisotopic (exact) mass is 308 g/mol. The highest BCUT2D eigenvalue weighted by atomic mass is 35.5. The molecule has 0 aliphatic rings. The predicted molar refractivity (Wildman–Crippen MR) is 80.1 cm³/mol. The second-order valence-corrected chi connectivity index (χ2v) is 6.11. The van der Waals surface area contributed by atoms with E-state index in [2.05, 4.69) is 0 Å². The molecule has 4 nitrogen and oxygen atoms in total. The number of halogens is 1. The molecule has 1 aromatic carbocycles. The van der Waals surface area contributed by atoms with Gasteiger partial charge in [0.05, 0.1) is 10.9 Å². The zero-order valence-corrected chi connectivity index (χ0v) is 12.4. The van der Waals surface area contributed by atoms with E-state index in [0.29, 0.717) is 22.0 Å². The lowest BCUT2D eigenvalue weighted by atomic mass is 10.1. The molecule has 0 aliphatic heterocycles. The van der Waals surface area contributed by atoms with Crippen LogP contribution in [0, 0.1) is 0 Å².